The van der Waals surface area contributed by atoms with Crippen LogP contribution in [-0.2, 0) is 9.53 Å². The Morgan fingerprint density at radius 3 is 2.70 bits per heavy atom. The quantitative estimate of drug-likeness (QED) is 0.836. The second kappa shape index (κ2) is 6.24. The van der Waals surface area contributed by atoms with Gasteiger partial charge < -0.3 is 14.7 Å². The highest BCUT2D eigenvalue weighted by atomic mass is 79.9. The topological polar surface area (TPSA) is 66.8 Å². The molecule has 0 aliphatic carbocycles. The number of likely N-dealkylation sites (N-methyl/N-ethyl adjacent to an activating group) is 1. The number of carbonyl (C=O) groups excluding carboxylic acids is 1. The number of amides is 1. The van der Waals surface area contributed by atoms with E-state index in [0.717, 1.165) is 4.47 Å². The summed E-state index contributed by atoms with van der Waals surface area (Å²) in [5.74, 6) is -1.87. The van der Waals surface area contributed by atoms with Crippen molar-refractivity contribution < 1.29 is 19.4 Å². The molecule has 108 valence electrons. The smallest absolute Gasteiger partial charge is 0.311 e. The maximum absolute atomic E-state index is 12.5. The van der Waals surface area contributed by atoms with Crippen molar-refractivity contribution in [3.63, 3.8) is 0 Å². The van der Waals surface area contributed by atoms with E-state index in [1.807, 2.05) is 6.07 Å². The van der Waals surface area contributed by atoms with Crippen LogP contribution in [0.5, 0.6) is 0 Å². The lowest BCUT2D eigenvalue weighted by molar-refractivity contribution is -0.142. The molecule has 0 radical (unpaired) electrons. The number of nitrogens with zero attached hydrogens (tertiary/aromatic N) is 1. The molecule has 2 rings (SSSR count). The summed E-state index contributed by atoms with van der Waals surface area (Å²) < 4.78 is 6.65. The van der Waals surface area contributed by atoms with E-state index >= 15 is 0 Å². The lowest BCUT2D eigenvalue weighted by Gasteiger charge is -2.26. The van der Waals surface area contributed by atoms with Gasteiger partial charge in [-0.2, -0.15) is 0 Å². The molecule has 2 unspecified atom stereocenters. The fourth-order valence-corrected chi connectivity index (χ4v) is 2.94. The molecular weight excluding hydrogens is 394 g/mol. The van der Waals surface area contributed by atoms with Gasteiger partial charge in [-0.25, -0.2) is 0 Å². The molecule has 1 heterocycles. The molecule has 0 aromatic heterocycles. The van der Waals surface area contributed by atoms with Gasteiger partial charge in [-0.1, -0.05) is 15.9 Å². The first-order valence-corrected chi connectivity index (χ1v) is 7.53. The van der Waals surface area contributed by atoms with E-state index < -0.39 is 17.9 Å². The molecule has 2 atom stereocenters. The van der Waals surface area contributed by atoms with Crippen LogP contribution in [0.15, 0.2) is 27.1 Å². The number of benzene rings is 1. The van der Waals surface area contributed by atoms with E-state index in [4.69, 9.17) is 9.84 Å². The van der Waals surface area contributed by atoms with Crippen LogP contribution in [0.3, 0.4) is 0 Å². The molecule has 0 bridgehead atoms. The van der Waals surface area contributed by atoms with E-state index in [9.17, 15) is 9.59 Å². The highest BCUT2D eigenvalue weighted by Gasteiger charge is 2.38. The maximum atomic E-state index is 12.5. The van der Waals surface area contributed by atoms with Gasteiger partial charge in [0.25, 0.3) is 5.91 Å². The molecule has 1 saturated heterocycles. The van der Waals surface area contributed by atoms with E-state index in [0.29, 0.717) is 10.0 Å². The van der Waals surface area contributed by atoms with Gasteiger partial charge in [-0.15, -0.1) is 0 Å². The van der Waals surface area contributed by atoms with Crippen molar-refractivity contribution >= 4 is 43.7 Å². The van der Waals surface area contributed by atoms with Crippen molar-refractivity contribution in [3.8, 4) is 0 Å². The van der Waals surface area contributed by atoms with Crippen LogP contribution in [0.1, 0.15) is 10.4 Å². The van der Waals surface area contributed by atoms with Crippen LogP contribution < -0.4 is 0 Å². The molecule has 1 fully saturated rings. The Balaban J connectivity index is 2.24. The van der Waals surface area contributed by atoms with E-state index in [1.165, 1.54) is 4.90 Å². The maximum Gasteiger partial charge on any atom is 0.311 e. The van der Waals surface area contributed by atoms with Crippen molar-refractivity contribution in [1.82, 2.24) is 4.90 Å². The van der Waals surface area contributed by atoms with Crippen molar-refractivity contribution in [3.05, 3.63) is 32.7 Å². The Kier molecular flexibility index (Phi) is 4.82. The fraction of sp³-hybridized carbons (Fsp3) is 0.385. The van der Waals surface area contributed by atoms with Crippen molar-refractivity contribution in [1.29, 1.82) is 0 Å². The minimum atomic E-state index is -0.944. The van der Waals surface area contributed by atoms with Crippen LogP contribution in [0.25, 0.3) is 0 Å². The lowest BCUT2D eigenvalue weighted by Crippen LogP contribution is -2.44. The van der Waals surface area contributed by atoms with Gasteiger partial charge in [-0.3, -0.25) is 9.59 Å². The summed E-state index contributed by atoms with van der Waals surface area (Å²) in [5.41, 5.74) is 0.484. The number of aliphatic carboxylic acids is 1. The molecule has 1 N–H and O–H groups in total. The Hall–Kier alpha value is -0.920. The van der Waals surface area contributed by atoms with Gasteiger partial charge in [-0.05, 0) is 34.1 Å². The number of carbonyl (C=O) groups is 2. The Morgan fingerprint density at radius 1 is 1.35 bits per heavy atom. The van der Waals surface area contributed by atoms with Gasteiger partial charge in [0.15, 0.2) is 0 Å². The van der Waals surface area contributed by atoms with Crippen LogP contribution in [-0.4, -0.2) is 48.2 Å². The molecule has 1 aliphatic heterocycles. The summed E-state index contributed by atoms with van der Waals surface area (Å²) in [7, 11) is 1.60. The Bertz CT molecular complexity index is 549. The van der Waals surface area contributed by atoms with Gasteiger partial charge in [0.2, 0.25) is 0 Å². The summed E-state index contributed by atoms with van der Waals surface area (Å²) in [5, 5.41) is 9.15. The standard InChI is InChI=1S/C13H13Br2NO4/c1-16(11-6-20-5-9(11)13(18)19)12(17)8-4-7(14)2-3-10(8)15/h2-4,9,11H,5-6H2,1H3,(H,18,19). The molecule has 1 amide bonds. The number of hydrogen-bond donors (Lipinski definition) is 1. The molecule has 1 aromatic rings. The van der Waals surface area contributed by atoms with E-state index in [2.05, 4.69) is 31.9 Å². The van der Waals surface area contributed by atoms with Crippen molar-refractivity contribution in [2.45, 2.75) is 6.04 Å². The predicted molar refractivity (Wildman–Crippen MR) is 79.7 cm³/mol. The summed E-state index contributed by atoms with van der Waals surface area (Å²) >= 11 is 6.66. The van der Waals surface area contributed by atoms with Crippen molar-refractivity contribution in [2.24, 2.45) is 5.92 Å². The first-order valence-electron chi connectivity index (χ1n) is 5.94. The van der Waals surface area contributed by atoms with Gasteiger partial charge >= 0.3 is 5.97 Å². The summed E-state index contributed by atoms with van der Waals surface area (Å²) in [6.45, 7) is 0.377. The molecule has 20 heavy (non-hydrogen) atoms. The van der Waals surface area contributed by atoms with Crippen LogP contribution in [0, 0.1) is 5.92 Å². The fourth-order valence-electron chi connectivity index (χ4n) is 2.16. The second-order valence-corrected chi connectivity index (χ2v) is 6.36. The van der Waals surface area contributed by atoms with Crippen LogP contribution in [0.2, 0.25) is 0 Å². The molecule has 1 aliphatic rings. The zero-order valence-corrected chi connectivity index (χ0v) is 13.8. The monoisotopic (exact) mass is 405 g/mol. The first kappa shape index (κ1) is 15.5. The molecule has 7 heteroatoms. The first-order chi connectivity index (χ1) is 9.41. The zero-order valence-electron chi connectivity index (χ0n) is 10.7. The average Bonchev–Trinajstić information content (AvgIpc) is 2.89. The van der Waals surface area contributed by atoms with Crippen LogP contribution in [0.4, 0.5) is 0 Å². The number of rotatable bonds is 3. The third kappa shape index (κ3) is 3.05. The summed E-state index contributed by atoms with van der Waals surface area (Å²) in [6, 6.07) is 4.84. The third-order valence-corrected chi connectivity index (χ3v) is 4.53. The van der Waals surface area contributed by atoms with Crippen molar-refractivity contribution in [2.75, 3.05) is 20.3 Å². The van der Waals surface area contributed by atoms with Gasteiger partial charge in [0, 0.05) is 16.0 Å². The SMILES string of the molecule is CN(C(=O)c1cc(Br)ccc1Br)C1COCC1C(=O)O. The molecule has 0 spiro atoms. The predicted octanol–water partition coefficient (Wildman–Crippen LogP) is 2.38. The Labute approximate surface area is 133 Å². The number of carboxylic acids is 1. The Morgan fingerprint density at radius 2 is 2.05 bits per heavy atom. The van der Waals surface area contributed by atoms with Gasteiger partial charge in [0.05, 0.1) is 24.8 Å². The van der Waals surface area contributed by atoms with E-state index in [-0.39, 0.29) is 19.1 Å². The normalized spacial score (nSPS) is 21.8. The summed E-state index contributed by atoms with van der Waals surface area (Å²) in [6.07, 6.45) is 0. The van der Waals surface area contributed by atoms with Gasteiger partial charge in [0.1, 0.15) is 5.92 Å². The average molecular weight is 407 g/mol. The molecule has 0 saturated carbocycles. The number of hydrogen-bond acceptors (Lipinski definition) is 3. The third-order valence-electron chi connectivity index (χ3n) is 3.34. The molecular formula is C13H13Br2NO4. The number of halogens is 2. The van der Waals surface area contributed by atoms with E-state index in [1.54, 1.807) is 19.2 Å². The van der Waals surface area contributed by atoms with Crippen LogP contribution >= 0.6 is 31.9 Å². The molecule has 1 aromatic carbocycles. The highest BCUT2D eigenvalue weighted by Crippen LogP contribution is 2.26. The minimum absolute atomic E-state index is 0.136. The number of carboxylic acid groups (broad SMARTS) is 1. The largest absolute Gasteiger partial charge is 0.481 e. The highest BCUT2D eigenvalue weighted by molar-refractivity contribution is 9.11. The minimum Gasteiger partial charge on any atom is -0.481 e. The lowest BCUT2D eigenvalue weighted by atomic mass is 10.0. The second-order valence-electron chi connectivity index (χ2n) is 4.59. The summed E-state index contributed by atoms with van der Waals surface area (Å²) in [4.78, 5) is 25.1. The molecule has 5 nitrogen and oxygen atoms in total. The number of ether oxygens (including phenoxy) is 1. The zero-order chi connectivity index (χ0) is 14.9.